The molecular weight excluding hydrogens is 246 g/mol. The molecule has 0 spiro atoms. The summed E-state index contributed by atoms with van der Waals surface area (Å²) in [6, 6.07) is 6.48. The van der Waals surface area contributed by atoms with Crippen LogP contribution in [0.5, 0.6) is 0 Å². The first kappa shape index (κ1) is 13.4. The molecule has 20 heavy (non-hydrogen) atoms. The van der Waals surface area contributed by atoms with Crippen LogP contribution in [-0.4, -0.2) is 9.55 Å². The zero-order chi connectivity index (χ0) is 14.5. The molecule has 2 heterocycles. The minimum absolute atomic E-state index is 0.137. The summed E-state index contributed by atoms with van der Waals surface area (Å²) in [6.45, 7) is 8.86. The van der Waals surface area contributed by atoms with Crippen LogP contribution in [0.25, 0.3) is 5.82 Å². The molecule has 0 radical (unpaired) electrons. The minimum atomic E-state index is 0.137. The first-order chi connectivity index (χ1) is 9.39. The molecule has 1 atom stereocenters. The average Bonchev–Trinajstić information content (AvgIpc) is 2.66. The van der Waals surface area contributed by atoms with Crippen molar-refractivity contribution in [2.45, 2.75) is 46.6 Å². The van der Waals surface area contributed by atoms with Crippen molar-refractivity contribution in [2.75, 3.05) is 0 Å². The summed E-state index contributed by atoms with van der Waals surface area (Å²) in [6.07, 6.45) is 3.96. The van der Waals surface area contributed by atoms with Crippen molar-refractivity contribution in [3.05, 3.63) is 46.9 Å². The van der Waals surface area contributed by atoms with Crippen LogP contribution in [0.1, 0.15) is 48.8 Å². The van der Waals surface area contributed by atoms with Gasteiger partial charge in [0, 0.05) is 23.6 Å². The molecule has 106 valence electrons. The lowest BCUT2D eigenvalue weighted by Crippen LogP contribution is -2.30. The lowest BCUT2D eigenvalue weighted by Gasteiger charge is -2.34. The quantitative estimate of drug-likeness (QED) is 0.861. The van der Waals surface area contributed by atoms with Crippen LogP contribution < -0.4 is 5.73 Å². The summed E-state index contributed by atoms with van der Waals surface area (Å²) in [5.74, 6) is 1.04. The van der Waals surface area contributed by atoms with Crippen molar-refractivity contribution >= 4 is 0 Å². The summed E-state index contributed by atoms with van der Waals surface area (Å²) >= 11 is 0. The molecule has 0 fully saturated rings. The Hall–Kier alpha value is -1.61. The fraction of sp³-hybridized carbons (Fsp3) is 0.471. The van der Waals surface area contributed by atoms with Crippen molar-refractivity contribution in [3.8, 4) is 5.82 Å². The first-order valence-corrected chi connectivity index (χ1v) is 7.28. The van der Waals surface area contributed by atoms with Crippen molar-refractivity contribution in [1.29, 1.82) is 0 Å². The number of pyridine rings is 1. The predicted molar refractivity (Wildman–Crippen MR) is 82.1 cm³/mol. The van der Waals surface area contributed by atoms with Gasteiger partial charge in [0.05, 0.1) is 0 Å². The maximum absolute atomic E-state index is 6.39. The number of nitrogens with zero attached hydrogens (tertiary/aromatic N) is 2. The topological polar surface area (TPSA) is 43.8 Å². The third-order valence-electron chi connectivity index (χ3n) is 4.33. The van der Waals surface area contributed by atoms with Crippen molar-refractivity contribution in [2.24, 2.45) is 11.1 Å². The predicted octanol–water partition coefficient (Wildman–Crippen LogP) is 3.46. The Morgan fingerprint density at radius 3 is 2.80 bits per heavy atom. The molecule has 0 aromatic carbocycles. The van der Waals surface area contributed by atoms with Gasteiger partial charge in [-0.2, -0.15) is 0 Å². The Bertz CT molecular complexity index is 652. The van der Waals surface area contributed by atoms with Crippen molar-refractivity contribution in [3.63, 3.8) is 0 Å². The minimum Gasteiger partial charge on any atom is -0.324 e. The second-order valence-corrected chi connectivity index (χ2v) is 6.82. The van der Waals surface area contributed by atoms with E-state index >= 15 is 0 Å². The number of hydrogen-bond acceptors (Lipinski definition) is 2. The van der Waals surface area contributed by atoms with Gasteiger partial charge >= 0.3 is 0 Å². The highest BCUT2D eigenvalue weighted by Crippen LogP contribution is 2.41. The normalized spacial score (nSPS) is 20.8. The van der Waals surface area contributed by atoms with Gasteiger partial charge in [-0.3, -0.25) is 0 Å². The molecule has 0 bridgehead atoms. The number of hydrogen-bond donors (Lipinski definition) is 1. The van der Waals surface area contributed by atoms with Crippen LogP contribution in [-0.2, 0) is 6.42 Å². The maximum Gasteiger partial charge on any atom is 0.139 e. The monoisotopic (exact) mass is 269 g/mol. The molecule has 2 aromatic heterocycles. The van der Waals surface area contributed by atoms with Gasteiger partial charge in [-0.15, -0.1) is 0 Å². The van der Waals surface area contributed by atoms with Gasteiger partial charge in [-0.25, -0.2) is 4.98 Å². The second kappa shape index (κ2) is 4.45. The van der Waals surface area contributed by atoms with Crippen LogP contribution in [0, 0.1) is 19.3 Å². The van der Waals surface area contributed by atoms with Crippen molar-refractivity contribution < 1.29 is 0 Å². The Morgan fingerprint density at radius 1 is 1.35 bits per heavy atom. The van der Waals surface area contributed by atoms with Gasteiger partial charge in [-0.05, 0) is 55.4 Å². The van der Waals surface area contributed by atoms with Gasteiger partial charge < -0.3 is 10.3 Å². The van der Waals surface area contributed by atoms with E-state index in [1.54, 1.807) is 0 Å². The summed E-state index contributed by atoms with van der Waals surface area (Å²) in [4.78, 5) is 4.58. The van der Waals surface area contributed by atoms with E-state index in [0.29, 0.717) is 0 Å². The van der Waals surface area contributed by atoms with Crippen molar-refractivity contribution in [1.82, 2.24) is 9.55 Å². The number of rotatable bonds is 1. The summed E-state index contributed by atoms with van der Waals surface area (Å²) in [5, 5.41) is 0. The van der Waals surface area contributed by atoms with Gasteiger partial charge in [0.2, 0.25) is 0 Å². The maximum atomic E-state index is 6.39. The standard InChI is InChI=1S/C17H23N3/c1-11-6-5-7-19-16(11)20-12(2)8-13-14(18)9-17(3,4)10-15(13)20/h5-8,14H,9-10,18H2,1-4H3. The Labute approximate surface area is 120 Å². The summed E-state index contributed by atoms with van der Waals surface area (Å²) in [5.41, 5.74) is 11.7. The van der Waals surface area contributed by atoms with Gasteiger partial charge in [-0.1, -0.05) is 19.9 Å². The van der Waals surface area contributed by atoms with Gasteiger partial charge in [0.15, 0.2) is 0 Å². The molecule has 3 heteroatoms. The number of nitrogens with two attached hydrogens (primary N) is 1. The van der Waals surface area contributed by atoms with Crippen LogP contribution in [0.2, 0.25) is 0 Å². The van der Waals surface area contributed by atoms with E-state index in [1.165, 1.54) is 22.5 Å². The fourth-order valence-corrected chi connectivity index (χ4v) is 3.45. The van der Waals surface area contributed by atoms with E-state index < -0.39 is 0 Å². The van der Waals surface area contributed by atoms with Gasteiger partial charge in [0.1, 0.15) is 5.82 Å². The molecule has 3 rings (SSSR count). The average molecular weight is 269 g/mol. The largest absolute Gasteiger partial charge is 0.324 e. The van der Waals surface area contributed by atoms with E-state index in [-0.39, 0.29) is 11.5 Å². The molecule has 1 aliphatic carbocycles. The molecule has 0 aliphatic heterocycles. The SMILES string of the molecule is Cc1cccnc1-n1c(C)cc2c1CC(C)(C)CC2N. The highest BCUT2D eigenvalue weighted by molar-refractivity contribution is 5.44. The molecule has 0 saturated carbocycles. The Kier molecular flexibility index (Phi) is 2.98. The highest BCUT2D eigenvalue weighted by atomic mass is 15.1. The molecule has 1 aliphatic rings. The van der Waals surface area contributed by atoms with Crippen LogP contribution >= 0.6 is 0 Å². The molecule has 3 nitrogen and oxygen atoms in total. The molecule has 2 aromatic rings. The molecule has 1 unspecified atom stereocenters. The fourth-order valence-electron chi connectivity index (χ4n) is 3.45. The second-order valence-electron chi connectivity index (χ2n) is 6.82. The summed E-state index contributed by atoms with van der Waals surface area (Å²) < 4.78 is 2.30. The van der Waals surface area contributed by atoms with Crippen LogP contribution in [0.15, 0.2) is 24.4 Å². The molecular formula is C17H23N3. The Balaban J connectivity index is 2.22. The zero-order valence-corrected chi connectivity index (χ0v) is 12.8. The molecule has 2 N–H and O–H groups in total. The van der Waals surface area contributed by atoms with E-state index in [2.05, 4.69) is 49.4 Å². The van der Waals surface area contributed by atoms with E-state index in [4.69, 9.17) is 5.73 Å². The number of aromatic nitrogens is 2. The highest BCUT2D eigenvalue weighted by Gasteiger charge is 2.33. The lowest BCUT2D eigenvalue weighted by atomic mass is 9.74. The van der Waals surface area contributed by atoms with E-state index in [1.807, 2.05) is 12.3 Å². The first-order valence-electron chi connectivity index (χ1n) is 7.28. The van der Waals surface area contributed by atoms with E-state index in [0.717, 1.165) is 18.7 Å². The smallest absolute Gasteiger partial charge is 0.139 e. The lowest BCUT2D eigenvalue weighted by molar-refractivity contribution is 0.278. The number of fused-ring (bicyclic) bond motifs is 1. The number of aryl methyl sites for hydroxylation is 2. The zero-order valence-electron chi connectivity index (χ0n) is 12.8. The van der Waals surface area contributed by atoms with Crippen LogP contribution in [0.3, 0.4) is 0 Å². The third kappa shape index (κ3) is 2.06. The van der Waals surface area contributed by atoms with E-state index in [9.17, 15) is 0 Å². The summed E-state index contributed by atoms with van der Waals surface area (Å²) in [7, 11) is 0. The Morgan fingerprint density at radius 2 is 2.10 bits per heavy atom. The molecule has 0 saturated heterocycles. The van der Waals surface area contributed by atoms with Crippen LogP contribution in [0.4, 0.5) is 0 Å². The van der Waals surface area contributed by atoms with Gasteiger partial charge in [0.25, 0.3) is 0 Å². The molecule has 0 amide bonds. The third-order valence-corrected chi connectivity index (χ3v) is 4.33.